The predicted octanol–water partition coefficient (Wildman–Crippen LogP) is -0.135. The molecular formula is C19H20N4O6. The highest BCUT2D eigenvalue weighted by molar-refractivity contribution is 5.98. The van der Waals surface area contributed by atoms with Gasteiger partial charge in [0.25, 0.3) is 11.8 Å². The quantitative estimate of drug-likeness (QED) is 0.518. The zero-order chi connectivity index (χ0) is 20.8. The highest BCUT2D eigenvalue weighted by Gasteiger charge is 2.43. The Morgan fingerprint density at radius 1 is 1.10 bits per heavy atom. The summed E-state index contributed by atoms with van der Waals surface area (Å²) in [5.74, 6) is -2.17. The second-order valence-electron chi connectivity index (χ2n) is 6.27. The first-order valence-electron chi connectivity index (χ1n) is 8.83. The summed E-state index contributed by atoms with van der Waals surface area (Å²) in [4.78, 5) is 50.2. The maximum atomic E-state index is 12.9. The molecule has 2 aliphatic heterocycles. The molecule has 2 heterocycles. The third-order valence-corrected chi connectivity index (χ3v) is 4.40. The Morgan fingerprint density at radius 2 is 1.83 bits per heavy atom. The fraction of sp³-hybridized carbons (Fsp3) is 0.263. The molecule has 0 bridgehead atoms. The fourth-order valence-electron chi connectivity index (χ4n) is 3.04. The van der Waals surface area contributed by atoms with Crippen LogP contribution in [0.1, 0.15) is 16.8 Å². The molecule has 1 aromatic rings. The van der Waals surface area contributed by atoms with Crippen LogP contribution in [0.15, 0.2) is 54.9 Å². The van der Waals surface area contributed by atoms with Crippen molar-refractivity contribution in [1.82, 2.24) is 20.9 Å². The lowest BCUT2D eigenvalue weighted by molar-refractivity contribution is -0.143. The van der Waals surface area contributed by atoms with Gasteiger partial charge in [0.2, 0.25) is 0 Å². The number of nitrogens with zero attached hydrogens (tertiary/aromatic N) is 2. The van der Waals surface area contributed by atoms with Gasteiger partial charge in [0.05, 0.1) is 13.7 Å². The van der Waals surface area contributed by atoms with E-state index in [4.69, 9.17) is 4.74 Å². The number of ether oxygens (including phenoxy) is 2. The molecule has 10 nitrogen and oxygen atoms in total. The topological polar surface area (TPSA) is 117 Å². The Labute approximate surface area is 166 Å². The van der Waals surface area contributed by atoms with Gasteiger partial charge in [-0.3, -0.25) is 9.59 Å². The number of hydrogen-bond acceptors (Lipinski definition) is 8. The molecule has 0 spiro atoms. The summed E-state index contributed by atoms with van der Waals surface area (Å²) in [7, 11) is 1.19. The molecule has 1 fully saturated rings. The lowest BCUT2D eigenvalue weighted by Crippen LogP contribution is -2.50. The number of benzene rings is 1. The van der Waals surface area contributed by atoms with Crippen LogP contribution in [0, 0.1) is 0 Å². The summed E-state index contributed by atoms with van der Waals surface area (Å²) in [6.45, 7) is 0.0485. The number of methoxy groups -OCH3 is 1. The molecule has 0 aliphatic carbocycles. The average Bonchev–Trinajstić information content (AvgIpc) is 3.42. The Bertz CT molecular complexity index is 854. The van der Waals surface area contributed by atoms with Crippen LogP contribution >= 0.6 is 0 Å². The van der Waals surface area contributed by atoms with Crippen molar-refractivity contribution < 1.29 is 28.7 Å². The molecule has 0 aromatic heterocycles. The molecule has 29 heavy (non-hydrogen) atoms. The lowest BCUT2D eigenvalue weighted by Gasteiger charge is -2.26. The molecule has 2 amide bonds. The van der Waals surface area contributed by atoms with Crippen LogP contribution in [0.25, 0.3) is 0 Å². The number of nitrogens with one attached hydrogen (secondary N) is 2. The Balaban J connectivity index is 1.74. The van der Waals surface area contributed by atoms with Gasteiger partial charge in [-0.1, -0.05) is 18.2 Å². The van der Waals surface area contributed by atoms with E-state index in [1.54, 1.807) is 30.3 Å². The number of hydrogen-bond donors (Lipinski definition) is 2. The first-order valence-corrected chi connectivity index (χ1v) is 8.83. The Morgan fingerprint density at radius 3 is 2.48 bits per heavy atom. The highest BCUT2D eigenvalue weighted by Crippen LogP contribution is 2.25. The van der Waals surface area contributed by atoms with Gasteiger partial charge in [0.1, 0.15) is 12.1 Å². The van der Waals surface area contributed by atoms with E-state index in [1.807, 2.05) is 0 Å². The number of carbonyl (C=O) groups is 4. The van der Waals surface area contributed by atoms with Crippen LogP contribution < -0.4 is 11.0 Å². The molecule has 2 aliphatic rings. The molecule has 152 valence electrons. The molecule has 2 N–H and O–H groups in total. The standard InChI is InChI=1S/C19H20N4O6/c1-28-16(24)7-8-17(25)29-14-11-15(19(27)23-10-9-20-21-23)22(12-14)18(26)13-5-3-2-4-6-13/h2-10,14-15,20-21H,11-12H2,1H3/b8-7+/t14-,15+/m1/s1. The normalized spacial score (nSPS) is 20.6. The van der Waals surface area contributed by atoms with Gasteiger partial charge in [-0.2, -0.15) is 0 Å². The van der Waals surface area contributed by atoms with Crippen LogP contribution in [-0.2, 0) is 23.9 Å². The number of amides is 2. The minimum absolute atomic E-state index is 0.0485. The van der Waals surface area contributed by atoms with Crippen LogP contribution in [0.4, 0.5) is 0 Å². The van der Waals surface area contributed by atoms with E-state index in [0.29, 0.717) is 5.56 Å². The smallest absolute Gasteiger partial charge is 0.331 e. The van der Waals surface area contributed by atoms with Crippen LogP contribution in [0.3, 0.4) is 0 Å². The van der Waals surface area contributed by atoms with Crippen molar-refractivity contribution in [3.8, 4) is 0 Å². The lowest BCUT2D eigenvalue weighted by atomic mass is 10.1. The van der Waals surface area contributed by atoms with Gasteiger partial charge in [-0.15, -0.1) is 5.53 Å². The zero-order valence-electron chi connectivity index (χ0n) is 15.6. The predicted molar refractivity (Wildman–Crippen MR) is 99.2 cm³/mol. The molecule has 2 atom stereocenters. The van der Waals surface area contributed by atoms with E-state index >= 15 is 0 Å². The van der Waals surface area contributed by atoms with Gasteiger partial charge in [-0.05, 0) is 12.1 Å². The van der Waals surface area contributed by atoms with Crippen molar-refractivity contribution >= 4 is 23.8 Å². The molecule has 1 saturated heterocycles. The van der Waals surface area contributed by atoms with E-state index in [9.17, 15) is 19.2 Å². The zero-order valence-corrected chi connectivity index (χ0v) is 15.6. The molecule has 10 heteroatoms. The second-order valence-corrected chi connectivity index (χ2v) is 6.27. The van der Waals surface area contributed by atoms with E-state index in [-0.39, 0.29) is 24.8 Å². The first kappa shape index (κ1) is 20.1. The third-order valence-electron chi connectivity index (χ3n) is 4.40. The van der Waals surface area contributed by atoms with Gasteiger partial charge >= 0.3 is 11.9 Å². The Kier molecular flexibility index (Phi) is 6.25. The second kappa shape index (κ2) is 9.02. The maximum absolute atomic E-state index is 12.9. The maximum Gasteiger partial charge on any atom is 0.331 e. The monoisotopic (exact) mass is 400 g/mol. The van der Waals surface area contributed by atoms with Gasteiger partial charge in [0, 0.05) is 36.5 Å². The van der Waals surface area contributed by atoms with Crippen molar-refractivity contribution in [3.63, 3.8) is 0 Å². The van der Waals surface area contributed by atoms with Crippen molar-refractivity contribution in [2.24, 2.45) is 0 Å². The minimum atomic E-state index is -0.831. The van der Waals surface area contributed by atoms with Gasteiger partial charge in [0.15, 0.2) is 0 Å². The summed E-state index contributed by atoms with van der Waals surface area (Å²) in [6, 6.07) is 7.71. The van der Waals surface area contributed by atoms with Gasteiger partial charge < -0.3 is 19.8 Å². The van der Waals surface area contributed by atoms with E-state index in [1.165, 1.54) is 29.4 Å². The summed E-state index contributed by atoms with van der Waals surface area (Å²) in [6.07, 6.45) is 4.33. The largest absolute Gasteiger partial charge is 0.466 e. The SMILES string of the molecule is COC(=O)/C=C/C(=O)O[C@@H]1C[C@@H](C(=O)N2C=CNN2)N(C(=O)c2ccccc2)C1. The molecular weight excluding hydrogens is 380 g/mol. The van der Waals surface area contributed by atoms with Crippen LogP contribution in [0.5, 0.6) is 0 Å². The number of likely N-dealkylation sites (tertiary alicyclic amines) is 1. The highest BCUT2D eigenvalue weighted by atomic mass is 16.5. The summed E-state index contributed by atoms with van der Waals surface area (Å²) in [5, 5.41) is 1.22. The first-order chi connectivity index (χ1) is 14.0. The van der Waals surface area contributed by atoms with E-state index < -0.39 is 24.1 Å². The van der Waals surface area contributed by atoms with E-state index in [2.05, 4.69) is 15.7 Å². The van der Waals surface area contributed by atoms with Crippen molar-refractivity contribution in [1.29, 1.82) is 0 Å². The molecule has 3 rings (SSSR count). The molecule has 0 unspecified atom stereocenters. The van der Waals surface area contributed by atoms with Crippen molar-refractivity contribution in [2.75, 3.05) is 13.7 Å². The van der Waals surface area contributed by atoms with Crippen LogP contribution in [0.2, 0.25) is 0 Å². The fourth-order valence-corrected chi connectivity index (χ4v) is 3.04. The van der Waals surface area contributed by atoms with Crippen molar-refractivity contribution in [3.05, 3.63) is 60.4 Å². The minimum Gasteiger partial charge on any atom is -0.466 e. The molecule has 0 radical (unpaired) electrons. The summed E-state index contributed by atoms with van der Waals surface area (Å²) in [5.41, 5.74) is 5.73. The number of carbonyl (C=O) groups excluding carboxylic acids is 4. The summed E-state index contributed by atoms with van der Waals surface area (Å²) >= 11 is 0. The van der Waals surface area contributed by atoms with E-state index in [0.717, 1.165) is 12.2 Å². The molecule has 1 aromatic carbocycles. The van der Waals surface area contributed by atoms with Gasteiger partial charge in [-0.25, -0.2) is 14.6 Å². The number of rotatable bonds is 5. The Hall–Kier alpha value is -3.66. The average molecular weight is 400 g/mol. The molecule has 0 saturated carbocycles. The summed E-state index contributed by atoms with van der Waals surface area (Å²) < 4.78 is 9.73. The number of esters is 2. The number of hydrazine groups is 2. The van der Waals surface area contributed by atoms with Crippen LogP contribution in [-0.4, -0.2) is 59.5 Å². The third kappa shape index (κ3) is 4.79. The van der Waals surface area contributed by atoms with Crippen molar-refractivity contribution in [2.45, 2.75) is 18.6 Å².